The molecule has 3 aliphatic heterocycles. The van der Waals surface area contributed by atoms with Crippen LogP contribution in [0.4, 0.5) is 10.1 Å². The Hall–Kier alpha value is -3.53. The Bertz CT molecular complexity index is 1520. The molecule has 3 fully saturated rings. The van der Waals surface area contributed by atoms with Crippen molar-refractivity contribution >= 4 is 46.0 Å². The maximum absolute atomic E-state index is 14.7. The normalized spacial score (nSPS) is 23.6. The molecule has 2 unspecified atom stereocenters. The van der Waals surface area contributed by atoms with Gasteiger partial charge >= 0.3 is 0 Å². The molecule has 1 saturated carbocycles. The van der Waals surface area contributed by atoms with E-state index in [0.717, 1.165) is 31.2 Å². The van der Waals surface area contributed by atoms with Crippen LogP contribution in [-0.4, -0.2) is 74.9 Å². The molecule has 2 saturated heterocycles. The van der Waals surface area contributed by atoms with Crippen LogP contribution in [0.25, 0.3) is 11.0 Å². The second-order valence-electron chi connectivity index (χ2n) is 11.2. The fraction of sp³-hybridized carbons (Fsp3) is 0.464. The zero-order chi connectivity index (χ0) is 26.9. The Morgan fingerprint density at radius 1 is 1.10 bits per heavy atom. The SMILES string of the molecule is O=C(c1ccc2[nH]ncc2n1)N1CCC2(CC1)C(=O)N(CC(=O)N1CCC3CCCC31)c1ccc(F)c(Cl)c12. The number of H-pyrrole nitrogens is 1. The van der Waals surface area contributed by atoms with E-state index in [2.05, 4.69) is 15.2 Å². The lowest BCUT2D eigenvalue weighted by Gasteiger charge is -2.38. The Kier molecular flexibility index (Phi) is 5.66. The number of benzene rings is 1. The first kappa shape index (κ1) is 24.5. The topological polar surface area (TPSA) is 102 Å². The summed E-state index contributed by atoms with van der Waals surface area (Å²) in [5.41, 5.74) is 1.47. The van der Waals surface area contributed by atoms with Crippen molar-refractivity contribution in [2.45, 2.75) is 50.0 Å². The Balaban J connectivity index is 1.15. The maximum Gasteiger partial charge on any atom is 0.272 e. The fourth-order valence-electron chi connectivity index (χ4n) is 7.29. The molecule has 202 valence electrons. The molecular formula is C28H28ClFN6O3. The molecule has 0 radical (unpaired) electrons. The van der Waals surface area contributed by atoms with E-state index >= 15 is 0 Å². The molecule has 9 nitrogen and oxygen atoms in total. The largest absolute Gasteiger partial charge is 0.338 e. The molecular weight excluding hydrogens is 523 g/mol. The van der Waals surface area contributed by atoms with Crippen LogP contribution in [0.15, 0.2) is 30.5 Å². The number of rotatable bonds is 3. The second-order valence-corrected chi connectivity index (χ2v) is 11.5. The lowest BCUT2D eigenvalue weighted by Crippen LogP contribution is -2.52. The number of likely N-dealkylation sites (tertiary alicyclic amines) is 2. The summed E-state index contributed by atoms with van der Waals surface area (Å²) in [6, 6.07) is 6.47. The fourth-order valence-corrected chi connectivity index (χ4v) is 7.63. The number of hydrogen-bond donors (Lipinski definition) is 1. The molecule has 5 heterocycles. The van der Waals surface area contributed by atoms with Crippen LogP contribution in [0, 0.1) is 11.7 Å². The molecule has 11 heteroatoms. The number of nitrogens with zero attached hydrogens (tertiary/aromatic N) is 5. The van der Waals surface area contributed by atoms with Crippen LogP contribution in [-0.2, 0) is 15.0 Å². The predicted molar refractivity (Wildman–Crippen MR) is 142 cm³/mol. The van der Waals surface area contributed by atoms with Gasteiger partial charge in [-0.25, -0.2) is 9.37 Å². The van der Waals surface area contributed by atoms with Crippen LogP contribution in [0.3, 0.4) is 0 Å². The van der Waals surface area contributed by atoms with E-state index in [1.165, 1.54) is 11.0 Å². The van der Waals surface area contributed by atoms with Gasteiger partial charge in [-0.1, -0.05) is 18.0 Å². The van der Waals surface area contributed by atoms with E-state index < -0.39 is 11.2 Å². The minimum atomic E-state index is -1.09. The molecule has 2 aromatic heterocycles. The van der Waals surface area contributed by atoms with E-state index in [0.29, 0.717) is 34.9 Å². The Morgan fingerprint density at radius 3 is 2.74 bits per heavy atom. The molecule has 1 spiro atoms. The number of fused-ring (bicyclic) bond motifs is 4. The summed E-state index contributed by atoms with van der Waals surface area (Å²) in [5.74, 6) is -0.604. The number of hydrogen-bond acceptors (Lipinski definition) is 5. The zero-order valence-electron chi connectivity index (χ0n) is 21.3. The monoisotopic (exact) mass is 550 g/mol. The van der Waals surface area contributed by atoms with Gasteiger partial charge in [-0.05, 0) is 62.3 Å². The van der Waals surface area contributed by atoms with Crippen molar-refractivity contribution in [3.63, 3.8) is 0 Å². The van der Waals surface area contributed by atoms with Crippen molar-refractivity contribution in [1.82, 2.24) is 25.0 Å². The van der Waals surface area contributed by atoms with Crippen LogP contribution in [0.5, 0.6) is 0 Å². The van der Waals surface area contributed by atoms with Crippen molar-refractivity contribution in [1.29, 1.82) is 0 Å². The minimum Gasteiger partial charge on any atom is -0.338 e. The van der Waals surface area contributed by atoms with E-state index in [4.69, 9.17) is 11.6 Å². The highest BCUT2D eigenvalue weighted by Crippen LogP contribution is 2.51. The Morgan fingerprint density at radius 2 is 1.92 bits per heavy atom. The number of amides is 3. The molecule has 4 aliphatic rings. The number of aromatic nitrogens is 3. The molecule has 2 atom stereocenters. The van der Waals surface area contributed by atoms with Crippen molar-refractivity contribution in [2.75, 3.05) is 31.1 Å². The number of nitrogens with one attached hydrogen (secondary N) is 1. The highest BCUT2D eigenvalue weighted by molar-refractivity contribution is 6.33. The molecule has 39 heavy (non-hydrogen) atoms. The first-order valence-corrected chi connectivity index (χ1v) is 13.9. The molecule has 1 aliphatic carbocycles. The summed E-state index contributed by atoms with van der Waals surface area (Å²) < 4.78 is 14.7. The van der Waals surface area contributed by atoms with Gasteiger partial charge in [0.25, 0.3) is 5.91 Å². The number of carbonyl (C=O) groups excluding carboxylic acids is 3. The molecule has 7 rings (SSSR count). The van der Waals surface area contributed by atoms with Crippen LogP contribution >= 0.6 is 11.6 Å². The number of halogens is 2. The van der Waals surface area contributed by atoms with Gasteiger partial charge in [0.15, 0.2) is 0 Å². The summed E-state index contributed by atoms with van der Waals surface area (Å²) in [4.78, 5) is 50.3. The summed E-state index contributed by atoms with van der Waals surface area (Å²) in [5, 5.41) is 6.69. The second kappa shape index (κ2) is 9.01. The number of carbonyl (C=O) groups is 3. The molecule has 0 bridgehead atoms. The summed E-state index contributed by atoms with van der Waals surface area (Å²) in [6.07, 6.45) is 6.42. The molecule has 3 amide bonds. The van der Waals surface area contributed by atoms with E-state index in [-0.39, 0.29) is 61.3 Å². The Labute approximate surface area is 229 Å². The van der Waals surface area contributed by atoms with Crippen molar-refractivity contribution in [3.05, 3.63) is 52.6 Å². The van der Waals surface area contributed by atoms with Crippen LogP contribution in [0.2, 0.25) is 5.02 Å². The number of aromatic amines is 1. The van der Waals surface area contributed by atoms with Crippen molar-refractivity contribution in [2.24, 2.45) is 5.92 Å². The third-order valence-electron chi connectivity index (χ3n) is 9.29. The smallest absolute Gasteiger partial charge is 0.272 e. The molecule has 3 aromatic rings. The van der Waals surface area contributed by atoms with E-state index in [9.17, 15) is 18.8 Å². The van der Waals surface area contributed by atoms with Gasteiger partial charge in [-0.3, -0.25) is 19.5 Å². The number of pyridine rings is 1. The van der Waals surface area contributed by atoms with E-state index in [1.807, 2.05) is 4.90 Å². The van der Waals surface area contributed by atoms with Crippen molar-refractivity contribution < 1.29 is 18.8 Å². The van der Waals surface area contributed by atoms with Crippen LogP contribution < -0.4 is 4.90 Å². The molecule has 1 aromatic carbocycles. The minimum absolute atomic E-state index is 0.0745. The first-order valence-electron chi connectivity index (χ1n) is 13.6. The average Bonchev–Trinajstić information content (AvgIpc) is 3.72. The predicted octanol–water partition coefficient (Wildman–Crippen LogP) is 3.67. The standard InChI is InChI=1S/C28H28ClFN6O3/c29-25-17(30)4-7-22-24(25)28(27(39)36(22)15-23(37)35-11-8-16-2-1-3-21(16)35)9-12-34(13-10-28)26(38)19-6-5-18-20(32-19)14-31-33-18/h4-7,14,16,21H,1-3,8-13,15H2,(H,31,33). The van der Waals surface area contributed by atoms with Crippen LogP contribution in [0.1, 0.15) is 54.6 Å². The summed E-state index contributed by atoms with van der Waals surface area (Å²) >= 11 is 6.52. The van der Waals surface area contributed by atoms with Gasteiger partial charge in [0.05, 0.1) is 27.8 Å². The van der Waals surface area contributed by atoms with Gasteiger partial charge in [0.1, 0.15) is 23.6 Å². The quantitative estimate of drug-likeness (QED) is 0.536. The van der Waals surface area contributed by atoms with Gasteiger partial charge in [0.2, 0.25) is 11.8 Å². The number of anilines is 1. The van der Waals surface area contributed by atoms with Gasteiger partial charge in [0, 0.05) is 31.2 Å². The first-order chi connectivity index (χ1) is 18.9. The highest BCUT2D eigenvalue weighted by atomic mass is 35.5. The average molecular weight is 551 g/mol. The van der Waals surface area contributed by atoms with Crippen molar-refractivity contribution in [3.8, 4) is 0 Å². The van der Waals surface area contributed by atoms with E-state index in [1.54, 1.807) is 29.3 Å². The highest BCUT2D eigenvalue weighted by Gasteiger charge is 2.55. The number of piperidine rings is 1. The van der Waals surface area contributed by atoms with Gasteiger partial charge in [-0.15, -0.1) is 0 Å². The summed E-state index contributed by atoms with van der Waals surface area (Å²) in [7, 11) is 0. The molecule has 1 N–H and O–H groups in total. The zero-order valence-corrected chi connectivity index (χ0v) is 22.1. The third kappa shape index (κ3) is 3.67. The summed E-state index contributed by atoms with van der Waals surface area (Å²) in [6.45, 7) is 1.18. The third-order valence-corrected chi connectivity index (χ3v) is 9.66. The van der Waals surface area contributed by atoms with Gasteiger partial charge < -0.3 is 14.7 Å². The lowest BCUT2D eigenvalue weighted by atomic mass is 9.73. The maximum atomic E-state index is 14.7. The lowest BCUT2D eigenvalue weighted by molar-refractivity contribution is -0.133. The van der Waals surface area contributed by atoms with Gasteiger partial charge in [-0.2, -0.15) is 5.10 Å².